The summed E-state index contributed by atoms with van der Waals surface area (Å²) in [6.45, 7) is 3.91. The Labute approximate surface area is 140 Å². The van der Waals surface area contributed by atoms with E-state index in [1.165, 1.54) is 12.0 Å². The van der Waals surface area contributed by atoms with Crippen molar-refractivity contribution in [1.29, 1.82) is 0 Å². The first-order valence-corrected chi connectivity index (χ1v) is 7.82. The number of fused-ring (bicyclic) bond motifs is 1. The molecule has 0 aliphatic carbocycles. The molecular weight excluding hydrogens is 314 g/mol. The van der Waals surface area contributed by atoms with Gasteiger partial charge in [-0.1, -0.05) is 30.3 Å². The van der Waals surface area contributed by atoms with Gasteiger partial charge in [-0.25, -0.2) is 9.59 Å². The van der Waals surface area contributed by atoms with Crippen LogP contribution in [0.1, 0.15) is 19.4 Å². The largest absolute Gasteiger partial charge is 0.467 e. The van der Waals surface area contributed by atoms with Gasteiger partial charge >= 0.3 is 12.1 Å². The predicted octanol–water partition coefficient (Wildman–Crippen LogP) is 1.70. The number of ether oxygens (including phenoxy) is 4. The molecule has 1 amide bonds. The van der Waals surface area contributed by atoms with E-state index in [9.17, 15) is 9.59 Å². The van der Waals surface area contributed by atoms with E-state index >= 15 is 0 Å². The van der Waals surface area contributed by atoms with E-state index in [0.717, 1.165) is 5.56 Å². The van der Waals surface area contributed by atoms with Crippen molar-refractivity contribution in [3.05, 3.63) is 35.9 Å². The summed E-state index contributed by atoms with van der Waals surface area (Å²) in [5, 5.41) is 0. The third kappa shape index (κ3) is 3.22. The van der Waals surface area contributed by atoms with Crippen LogP contribution >= 0.6 is 0 Å². The summed E-state index contributed by atoms with van der Waals surface area (Å²) in [5.74, 6) is -1.33. The van der Waals surface area contributed by atoms with E-state index in [-0.39, 0.29) is 19.3 Å². The summed E-state index contributed by atoms with van der Waals surface area (Å²) in [7, 11) is 1.28. The van der Waals surface area contributed by atoms with E-state index in [0.29, 0.717) is 0 Å². The second-order valence-electron chi connectivity index (χ2n) is 6.30. The van der Waals surface area contributed by atoms with Gasteiger partial charge in [0, 0.05) is 0 Å². The van der Waals surface area contributed by atoms with Crippen molar-refractivity contribution < 1.29 is 28.5 Å². The van der Waals surface area contributed by atoms with Crippen LogP contribution in [0, 0.1) is 0 Å². The normalized spacial score (nSPS) is 27.6. The zero-order valence-corrected chi connectivity index (χ0v) is 13.9. The molecule has 3 atom stereocenters. The van der Waals surface area contributed by atoms with Crippen molar-refractivity contribution in [2.24, 2.45) is 0 Å². The lowest BCUT2D eigenvalue weighted by molar-refractivity contribution is -0.170. The summed E-state index contributed by atoms with van der Waals surface area (Å²) < 4.78 is 21.7. The van der Waals surface area contributed by atoms with Gasteiger partial charge in [-0.3, -0.25) is 4.90 Å². The SMILES string of the molecule is COC(=O)C1C2OC(C)(C)OC2CN1C(=O)OCc1ccccc1. The Morgan fingerprint density at radius 1 is 1.25 bits per heavy atom. The van der Waals surface area contributed by atoms with Gasteiger partial charge in [-0.2, -0.15) is 0 Å². The van der Waals surface area contributed by atoms with Crippen LogP contribution < -0.4 is 0 Å². The Morgan fingerprint density at radius 3 is 2.62 bits per heavy atom. The predicted molar refractivity (Wildman–Crippen MR) is 83.0 cm³/mol. The molecule has 0 saturated carbocycles. The molecule has 3 unspecified atom stereocenters. The molecule has 0 bridgehead atoms. The molecule has 24 heavy (non-hydrogen) atoms. The lowest BCUT2D eigenvalue weighted by atomic mass is 10.1. The number of hydrogen-bond donors (Lipinski definition) is 0. The molecule has 0 N–H and O–H groups in total. The number of rotatable bonds is 3. The second kappa shape index (κ2) is 6.41. The molecule has 0 aromatic heterocycles. The van der Waals surface area contributed by atoms with Crippen molar-refractivity contribution in [3.63, 3.8) is 0 Å². The summed E-state index contributed by atoms with van der Waals surface area (Å²) >= 11 is 0. The number of esters is 1. The molecule has 0 spiro atoms. The number of methoxy groups -OCH3 is 1. The van der Waals surface area contributed by atoms with E-state index in [2.05, 4.69) is 0 Å². The lowest BCUT2D eigenvalue weighted by Gasteiger charge is -2.27. The molecule has 1 aromatic rings. The number of benzene rings is 1. The van der Waals surface area contributed by atoms with E-state index in [1.54, 1.807) is 13.8 Å². The fourth-order valence-electron chi connectivity index (χ4n) is 3.13. The Balaban J connectivity index is 1.70. The summed E-state index contributed by atoms with van der Waals surface area (Å²) in [4.78, 5) is 25.9. The van der Waals surface area contributed by atoms with Crippen LogP contribution in [0.5, 0.6) is 0 Å². The van der Waals surface area contributed by atoms with Gasteiger partial charge in [0.05, 0.1) is 13.7 Å². The Hall–Kier alpha value is -2.12. The van der Waals surface area contributed by atoms with Gasteiger partial charge in [0.1, 0.15) is 18.8 Å². The molecule has 2 aliphatic heterocycles. The standard InChI is InChI=1S/C17H21NO6/c1-17(2)23-12-9-18(13(14(12)24-17)15(19)21-3)16(20)22-10-11-7-5-4-6-8-11/h4-8,12-14H,9-10H2,1-3H3. The third-order valence-corrected chi connectivity index (χ3v) is 4.13. The average Bonchev–Trinajstić information content (AvgIpc) is 3.04. The van der Waals surface area contributed by atoms with Crippen LogP contribution in [0.25, 0.3) is 0 Å². The smallest absolute Gasteiger partial charge is 0.411 e. The number of hydrogen-bond acceptors (Lipinski definition) is 6. The summed E-state index contributed by atoms with van der Waals surface area (Å²) in [6, 6.07) is 8.47. The molecule has 2 heterocycles. The van der Waals surface area contributed by atoms with Gasteiger partial charge in [0.15, 0.2) is 11.8 Å². The fraction of sp³-hybridized carbons (Fsp3) is 0.529. The van der Waals surface area contributed by atoms with Crippen LogP contribution in [0.3, 0.4) is 0 Å². The van der Waals surface area contributed by atoms with Crippen molar-refractivity contribution in [2.45, 2.75) is 44.5 Å². The maximum atomic E-state index is 12.4. The monoisotopic (exact) mass is 335 g/mol. The van der Waals surface area contributed by atoms with E-state index in [4.69, 9.17) is 18.9 Å². The first-order chi connectivity index (χ1) is 11.4. The maximum Gasteiger partial charge on any atom is 0.411 e. The van der Waals surface area contributed by atoms with Crippen LogP contribution in [-0.4, -0.2) is 54.7 Å². The van der Waals surface area contributed by atoms with Crippen LogP contribution in [-0.2, 0) is 30.3 Å². The zero-order chi connectivity index (χ0) is 17.3. The van der Waals surface area contributed by atoms with Crippen molar-refractivity contribution >= 4 is 12.1 Å². The maximum absolute atomic E-state index is 12.4. The Kier molecular flexibility index (Phi) is 4.47. The van der Waals surface area contributed by atoms with Gasteiger partial charge in [0.2, 0.25) is 0 Å². The van der Waals surface area contributed by atoms with Crippen molar-refractivity contribution in [1.82, 2.24) is 4.90 Å². The first kappa shape index (κ1) is 16.7. The minimum absolute atomic E-state index is 0.132. The molecule has 1 aromatic carbocycles. The molecule has 3 rings (SSSR count). The van der Waals surface area contributed by atoms with Gasteiger partial charge in [-0.15, -0.1) is 0 Å². The number of nitrogens with zero attached hydrogens (tertiary/aromatic N) is 1. The van der Waals surface area contributed by atoms with Crippen LogP contribution in [0.15, 0.2) is 30.3 Å². The molecular formula is C17H21NO6. The van der Waals surface area contributed by atoms with Gasteiger partial charge < -0.3 is 18.9 Å². The molecule has 7 nitrogen and oxygen atoms in total. The Morgan fingerprint density at radius 2 is 1.96 bits per heavy atom. The second-order valence-corrected chi connectivity index (χ2v) is 6.30. The van der Waals surface area contributed by atoms with E-state index < -0.39 is 30.0 Å². The quantitative estimate of drug-likeness (QED) is 0.783. The Bertz CT molecular complexity index is 617. The molecule has 2 saturated heterocycles. The third-order valence-electron chi connectivity index (χ3n) is 4.13. The van der Waals surface area contributed by atoms with Crippen molar-refractivity contribution in [3.8, 4) is 0 Å². The van der Waals surface area contributed by atoms with E-state index in [1.807, 2.05) is 30.3 Å². The minimum atomic E-state index is -0.870. The van der Waals surface area contributed by atoms with Crippen LogP contribution in [0.2, 0.25) is 0 Å². The van der Waals surface area contributed by atoms with Gasteiger partial charge in [0.25, 0.3) is 0 Å². The summed E-state index contributed by atoms with van der Waals surface area (Å²) in [5.41, 5.74) is 0.869. The van der Waals surface area contributed by atoms with Crippen LogP contribution in [0.4, 0.5) is 4.79 Å². The number of likely N-dealkylation sites (tertiary alicyclic amines) is 1. The van der Waals surface area contributed by atoms with Gasteiger partial charge in [-0.05, 0) is 19.4 Å². The topological polar surface area (TPSA) is 74.3 Å². The fourth-order valence-corrected chi connectivity index (χ4v) is 3.13. The zero-order valence-electron chi connectivity index (χ0n) is 13.9. The molecule has 2 aliphatic rings. The molecule has 2 fully saturated rings. The lowest BCUT2D eigenvalue weighted by Crippen LogP contribution is -2.47. The minimum Gasteiger partial charge on any atom is -0.467 e. The number of carbonyl (C=O) groups excluding carboxylic acids is 2. The average molecular weight is 335 g/mol. The van der Waals surface area contributed by atoms with Crippen molar-refractivity contribution in [2.75, 3.05) is 13.7 Å². The molecule has 7 heteroatoms. The highest BCUT2D eigenvalue weighted by molar-refractivity contribution is 5.83. The molecule has 0 radical (unpaired) electrons. The number of carbonyl (C=O) groups is 2. The highest BCUT2D eigenvalue weighted by atomic mass is 16.8. The molecule has 130 valence electrons. The number of amides is 1. The highest BCUT2D eigenvalue weighted by Crippen LogP contribution is 2.37. The summed E-state index contributed by atoms with van der Waals surface area (Å²) in [6.07, 6.45) is -1.53. The highest BCUT2D eigenvalue weighted by Gasteiger charge is 2.57. The first-order valence-electron chi connectivity index (χ1n) is 7.82.